The third kappa shape index (κ3) is 2.13. The first kappa shape index (κ1) is 12.7. The Labute approximate surface area is 108 Å². The molecule has 0 bridgehead atoms. The van der Waals surface area contributed by atoms with Crippen molar-refractivity contribution in [2.75, 3.05) is 5.73 Å². The largest absolute Gasteiger partial charge is 0.399 e. The molecule has 3 nitrogen and oxygen atoms in total. The molecule has 0 saturated carbocycles. The molecule has 2 aromatic rings. The number of nitrogen functional groups attached to an aromatic ring is 1. The zero-order valence-electron chi connectivity index (χ0n) is 11.4. The average molecular weight is 244 g/mol. The number of hydrogen-bond donors (Lipinski definition) is 1. The summed E-state index contributed by atoms with van der Waals surface area (Å²) in [6.45, 7) is 8.82. The quantitative estimate of drug-likeness (QED) is 0.664. The number of carbonyl (C=O) groups is 1. The van der Waals surface area contributed by atoms with Crippen LogP contribution in [0.2, 0.25) is 0 Å². The van der Waals surface area contributed by atoms with Crippen LogP contribution in [0.3, 0.4) is 0 Å². The Balaban J connectivity index is 2.76. The Kier molecular flexibility index (Phi) is 3.16. The van der Waals surface area contributed by atoms with Crippen molar-refractivity contribution in [2.24, 2.45) is 5.92 Å². The zero-order valence-corrected chi connectivity index (χ0v) is 11.4. The van der Waals surface area contributed by atoms with Gasteiger partial charge in [-0.2, -0.15) is 0 Å². The smallest absolute Gasteiger partial charge is 0.176 e. The maximum atomic E-state index is 11.8. The molecule has 0 fully saturated rings. The van der Waals surface area contributed by atoms with Crippen molar-refractivity contribution in [3.63, 3.8) is 0 Å². The number of nitrogens with two attached hydrogens (primary N) is 1. The summed E-state index contributed by atoms with van der Waals surface area (Å²) in [6.07, 6.45) is 0. The molecule has 2 N–H and O–H groups in total. The second-order valence-electron chi connectivity index (χ2n) is 5.37. The number of anilines is 1. The van der Waals surface area contributed by atoms with Crippen molar-refractivity contribution in [3.05, 3.63) is 29.5 Å². The second-order valence-corrected chi connectivity index (χ2v) is 5.37. The SMILES string of the molecule is CC(=O)c1cc2cc(N)cc(C)c2n1CC(C)C. The predicted octanol–water partition coefficient (Wildman–Crippen LogP) is 3.39. The molecule has 2 rings (SSSR count). The van der Waals surface area contributed by atoms with E-state index in [2.05, 4.69) is 18.4 Å². The number of benzene rings is 1. The minimum atomic E-state index is 0.102. The van der Waals surface area contributed by atoms with Gasteiger partial charge in [0.1, 0.15) is 0 Å². The summed E-state index contributed by atoms with van der Waals surface area (Å²) in [5.41, 5.74) is 9.64. The van der Waals surface area contributed by atoms with Gasteiger partial charge in [-0.1, -0.05) is 13.8 Å². The fraction of sp³-hybridized carbons (Fsp3) is 0.400. The number of ketones is 1. The first-order chi connectivity index (χ1) is 8.40. The number of Topliss-reactive ketones (excluding diaryl/α,β-unsaturated/α-hetero) is 1. The van der Waals surface area contributed by atoms with Crippen molar-refractivity contribution < 1.29 is 4.79 Å². The van der Waals surface area contributed by atoms with Gasteiger partial charge >= 0.3 is 0 Å². The van der Waals surface area contributed by atoms with Gasteiger partial charge in [-0.25, -0.2) is 0 Å². The molecule has 0 aliphatic carbocycles. The van der Waals surface area contributed by atoms with E-state index in [0.717, 1.165) is 34.4 Å². The van der Waals surface area contributed by atoms with E-state index >= 15 is 0 Å². The Bertz CT molecular complexity index is 608. The van der Waals surface area contributed by atoms with Gasteiger partial charge in [0.2, 0.25) is 0 Å². The standard InChI is InChI=1S/C15H20N2O/c1-9(2)8-17-14(11(4)18)7-12-6-13(16)5-10(3)15(12)17/h5-7,9H,8,16H2,1-4H3. The van der Waals surface area contributed by atoms with Crippen LogP contribution in [0.4, 0.5) is 5.69 Å². The molecule has 3 heteroatoms. The molecule has 96 valence electrons. The monoisotopic (exact) mass is 244 g/mol. The molecule has 0 radical (unpaired) electrons. The van der Waals surface area contributed by atoms with Crippen molar-refractivity contribution in [1.29, 1.82) is 0 Å². The number of aromatic nitrogens is 1. The van der Waals surface area contributed by atoms with E-state index in [-0.39, 0.29) is 5.78 Å². The van der Waals surface area contributed by atoms with E-state index in [1.807, 2.05) is 25.1 Å². The number of fused-ring (bicyclic) bond motifs is 1. The van der Waals surface area contributed by atoms with Crippen molar-refractivity contribution in [1.82, 2.24) is 4.57 Å². The highest BCUT2D eigenvalue weighted by atomic mass is 16.1. The summed E-state index contributed by atoms with van der Waals surface area (Å²) < 4.78 is 2.12. The van der Waals surface area contributed by atoms with E-state index in [1.54, 1.807) is 6.92 Å². The first-order valence-corrected chi connectivity index (χ1v) is 6.30. The summed E-state index contributed by atoms with van der Waals surface area (Å²) in [4.78, 5) is 11.8. The number of aryl methyl sites for hydroxylation is 1. The van der Waals surface area contributed by atoms with Crippen molar-refractivity contribution in [2.45, 2.75) is 34.2 Å². The van der Waals surface area contributed by atoms with Gasteiger partial charge in [0.25, 0.3) is 0 Å². The number of rotatable bonds is 3. The zero-order chi connectivity index (χ0) is 13.4. The molecule has 0 saturated heterocycles. The molecule has 0 aliphatic rings. The maximum Gasteiger partial charge on any atom is 0.176 e. The van der Waals surface area contributed by atoms with Gasteiger partial charge in [-0.05, 0) is 36.6 Å². The normalized spacial score (nSPS) is 11.4. The van der Waals surface area contributed by atoms with Gasteiger partial charge in [-0.15, -0.1) is 0 Å². The van der Waals surface area contributed by atoms with Crippen molar-refractivity contribution >= 4 is 22.4 Å². The molecular formula is C15H20N2O. The molecule has 0 unspecified atom stereocenters. The number of hydrogen-bond acceptors (Lipinski definition) is 2. The van der Waals surface area contributed by atoms with Crippen LogP contribution in [-0.2, 0) is 6.54 Å². The fourth-order valence-corrected chi connectivity index (χ4v) is 2.51. The first-order valence-electron chi connectivity index (χ1n) is 6.30. The van der Waals surface area contributed by atoms with Gasteiger partial charge in [0, 0.05) is 24.5 Å². The third-order valence-corrected chi connectivity index (χ3v) is 3.11. The molecule has 0 aliphatic heterocycles. The molecule has 1 heterocycles. The lowest BCUT2D eigenvalue weighted by Crippen LogP contribution is -2.11. The lowest BCUT2D eigenvalue weighted by molar-refractivity contribution is 0.100. The lowest BCUT2D eigenvalue weighted by Gasteiger charge is -2.13. The molecule has 1 aromatic heterocycles. The summed E-state index contributed by atoms with van der Waals surface area (Å²) in [7, 11) is 0. The average Bonchev–Trinajstić information content (AvgIpc) is 2.55. The predicted molar refractivity (Wildman–Crippen MR) is 75.9 cm³/mol. The highest BCUT2D eigenvalue weighted by Gasteiger charge is 2.15. The number of carbonyl (C=O) groups excluding carboxylic acids is 1. The summed E-state index contributed by atoms with van der Waals surface area (Å²) in [6, 6.07) is 5.85. The van der Waals surface area contributed by atoms with Crippen molar-refractivity contribution in [3.8, 4) is 0 Å². The van der Waals surface area contributed by atoms with E-state index in [0.29, 0.717) is 5.92 Å². The Morgan fingerprint density at radius 1 is 1.33 bits per heavy atom. The second kappa shape index (κ2) is 4.48. The molecular weight excluding hydrogens is 224 g/mol. The Morgan fingerprint density at radius 3 is 2.56 bits per heavy atom. The molecule has 1 aromatic carbocycles. The van der Waals surface area contributed by atoms with Gasteiger partial charge in [0.15, 0.2) is 5.78 Å². The highest BCUT2D eigenvalue weighted by Crippen LogP contribution is 2.27. The van der Waals surface area contributed by atoms with E-state index < -0.39 is 0 Å². The highest BCUT2D eigenvalue weighted by molar-refractivity contribution is 6.00. The van der Waals surface area contributed by atoms with Gasteiger partial charge < -0.3 is 10.3 Å². The van der Waals surface area contributed by atoms with Crippen LogP contribution in [-0.4, -0.2) is 10.4 Å². The number of nitrogens with zero attached hydrogens (tertiary/aromatic N) is 1. The summed E-state index contributed by atoms with van der Waals surface area (Å²) in [5.74, 6) is 0.598. The fourth-order valence-electron chi connectivity index (χ4n) is 2.51. The molecule has 0 atom stereocenters. The maximum absolute atomic E-state index is 11.8. The van der Waals surface area contributed by atoms with Crippen LogP contribution in [0.15, 0.2) is 18.2 Å². The van der Waals surface area contributed by atoms with E-state index in [4.69, 9.17) is 5.73 Å². The van der Waals surface area contributed by atoms with Gasteiger partial charge in [0.05, 0.1) is 11.2 Å². The van der Waals surface area contributed by atoms with Gasteiger partial charge in [-0.3, -0.25) is 4.79 Å². The van der Waals surface area contributed by atoms with E-state index in [9.17, 15) is 4.79 Å². The van der Waals surface area contributed by atoms with Crippen LogP contribution in [0, 0.1) is 12.8 Å². The molecule has 0 spiro atoms. The summed E-state index contributed by atoms with van der Waals surface area (Å²) >= 11 is 0. The van der Waals surface area contributed by atoms with Crippen LogP contribution >= 0.6 is 0 Å². The Morgan fingerprint density at radius 2 is 2.00 bits per heavy atom. The molecule has 0 amide bonds. The minimum Gasteiger partial charge on any atom is -0.399 e. The minimum absolute atomic E-state index is 0.102. The van der Waals surface area contributed by atoms with E-state index in [1.165, 1.54) is 0 Å². The van der Waals surface area contributed by atoms with Crippen LogP contribution in [0.25, 0.3) is 10.9 Å². The third-order valence-electron chi connectivity index (χ3n) is 3.11. The molecule has 18 heavy (non-hydrogen) atoms. The Hall–Kier alpha value is -1.77. The summed E-state index contributed by atoms with van der Waals surface area (Å²) in [5, 5.41) is 1.05. The topological polar surface area (TPSA) is 48.0 Å². The van der Waals surface area contributed by atoms with Crippen LogP contribution < -0.4 is 5.73 Å². The van der Waals surface area contributed by atoms with Crippen LogP contribution in [0.5, 0.6) is 0 Å². The lowest BCUT2D eigenvalue weighted by atomic mass is 10.1. The van der Waals surface area contributed by atoms with Crippen LogP contribution in [0.1, 0.15) is 36.8 Å².